The van der Waals surface area contributed by atoms with Gasteiger partial charge in [0.05, 0.1) is 5.41 Å². The fraction of sp³-hybridized carbons (Fsp3) is 0.778. The summed E-state index contributed by atoms with van der Waals surface area (Å²) in [6.45, 7) is 1.66. The highest BCUT2D eigenvalue weighted by Gasteiger charge is 2.50. The van der Waals surface area contributed by atoms with Crippen LogP contribution >= 0.6 is 0 Å². The molecule has 4 rings (SSSR count). The minimum absolute atomic E-state index is 0.0715. The van der Waals surface area contributed by atoms with Crippen LogP contribution in [-0.2, 0) is 14.4 Å². The van der Waals surface area contributed by atoms with Crippen LogP contribution in [0.4, 0.5) is 4.79 Å². The van der Waals surface area contributed by atoms with Crippen molar-refractivity contribution in [3.05, 3.63) is 0 Å². The zero-order valence-electron chi connectivity index (χ0n) is 15.0. The van der Waals surface area contributed by atoms with E-state index in [2.05, 4.69) is 10.2 Å². The van der Waals surface area contributed by atoms with E-state index >= 15 is 0 Å². The molecule has 0 aromatic heterocycles. The summed E-state index contributed by atoms with van der Waals surface area (Å²) < 4.78 is 0. The molecule has 26 heavy (non-hydrogen) atoms. The second-order valence-corrected chi connectivity index (χ2v) is 8.10. The summed E-state index contributed by atoms with van der Waals surface area (Å²) in [7, 11) is 0. The van der Waals surface area contributed by atoms with Crippen LogP contribution in [0.3, 0.4) is 0 Å². The molecule has 5 amide bonds. The van der Waals surface area contributed by atoms with Crippen LogP contribution in [0.1, 0.15) is 44.9 Å². The summed E-state index contributed by atoms with van der Waals surface area (Å²) in [5, 5.41) is 2.18. The summed E-state index contributed by atoms with van der Waals surface area (Å²) in [5.74, 6) is -0.340. The van der Waals surface area contributed by atoms with Crippen molar-refractivity contribution in [1.29, 1.82) is 0 Å². The van der Waals surface area contributed by atoms with E-state index < -0.39 is 11.4 Å². The number of nitrogens with zero attached hydrogens (tertiary/aromatic N) is 3. The van der Waals surface area contributed by atoms with E-state index in [1.165, 1.54) is 17.7 Å². The summed E-state index contributed by atoms with van der Waals surface area (Å²) in [6.07, 6.45) is 7.12. The van der Waals surface area contributed by atoms with Gasteiger partial charge in [0, 0.05) is 25.7 Å². The fourth-order valence-electron chi connectivity index (χ4n) is 5.00. The molecule has 3 aliphatic heterocycles. The van der Waals surface area contributed by atoms with Gasteiger partial charge in [-0.1, -0.05) is 12.8 Å². The molecule has 1 atom stereocenters. The molecule has 4 aliphatic rings. The van der Waals surface area contributed by atoms with Crippen molar-refractivity contribution >= 4 is 23.8 Å². The van der Waals surface area contributed by atoms with Gasteiger partial charge in [-0.2, -0.15) is 0 Å². The van der Waals surface area contributed by atoms with E-state index in [4.69, 9.17) is 0 Å². The highest BCUT2D eigenvalue weighted by Crippen LogP contribution is 2.42. The number of nitrogens with one attached hydrogen (secondary N) is 1. The van der Waals surface area contributed by atoms with E-state index in [-0.39, 0.29) is 30.8 Å². The van der Waals surface area contributed by atoms with E-state index in [1.807, 2.05) is 0 Å². The maximum Gasteiger partial charge on any atom is 0.325 e. The molecule has 1 saturated carbocycles. The first-order valence-corrected chi connectivity index (χ1v) is 9.66. The van der Waals surface area contributed by atoms with Gasteiger partial charge >= 0.3 is 6.03 Å². The summed E-state index contributed by atoms with van der Waals surface area (Å²) in [5.41, 5.74) is -0.445. The second-order valence-electron chi connectivity index (χ2n) is 8.10. The molecular weight excluding hydrogens is 336 g/mol. The third-order valence-electron chi connectivity index (χ3n) is 6.44. The predicted octanol–water partition coefficient (Wildman–Crippen LogP) is 0.322. The molecule has 3 saturated heterocycles. The third kappa shape index (κ3) is 2.95. The standard InChI is InChI=1S/C18H26N4O4/c23-14-10-21(17(26)19-14)11-15(24)20-9-7-18(12-20)6-3-8-22(16(18)25)13-4-1-2-5-13/h13H,1-12H2,(H,19,23,26)/t18-/m1/s1. The lowest BCUT2D eigenvalue weighted by atomic mass is 9.77. The van der Waals surface area contributed by atoms with Gasteiger partial charge in [0.2, 0.25) is 17.7 Å². The average molecular weight is 362 g/mol. The molecule has 0 radical (unpaired) electrons. The number of rotatable bonds is 3. The molecule has 8 nitrogen and oxygen atoms in total. The monoisotopic (exact) mass is 362 g/mol. The van der Waals surface area contributed by atoms with Gasteiger partial charge in [0.1, 0.15) is 13.1 Å². The Morgan fingerprint density at radius 3 is 2.54 bits per heavy atom. The molecule has 3 heterocycles. The number of amides is 5. The first kappa shape index (κ1) is 17.3. The Morgan fingerprint density at radius 2 is 1.85 bits per heavy atom. The quantitative estimate of drug-likeness (QED) is 0.732. The number of urea groups is 1. The van der Waals surface area contributed by atoms with Gasteiger partial charge in [-0.3, -0.25) is 19.7 Å². The molecular formula is C18H26N4O4. The van der Waals surface area contributed by atoms with Crippen molar-refractivity contribution in [3.8, 4) is 0 Å². The predicted molar refractivity (Wildman–Crippen MR) is 91.9 cm³/mol. The van der Waals surface area contributed by atoms with Crippen molar-refractivity contribution in [1.82, 2.24) is 20.0 Å². The molecule has 0 aromatic carbocycles. The largest absolute Gasteiger partial charge is 0.340 e. The highest BCUT2D eigenvalue weighted by atomic mass is 16.2. The first-order chi connectivity index (χ1) is 12.5. The minimum Gasteiger partial charge on any atom is -0.340 e. The van der Waals surface area contributed by atoms with Crippen LogP contribution < -0.4 is 5.32 Å². The molecule has 0 aromatic rings. The van der Waals surface area contributed by atoms with Gasteiger partial charge in [-0.15, -0.1) is 0 Å². The minimum atomic E-state index is -0.515. The summed E-state index contributed by atoms with van der Waals surface area (Å²) >= 11 is 0. The lowest BCUT2D eigenvalue weighted by molar-refractivity contribution is -0.148. The number of likely N-dealkylation sites (tertiary alicyclic amines) is 2. The van der Waals surface area contributed by atoms with Gasteiger partial charge in [-0.25, -0.2) is 4.79 Å². The Balaban J connectivity index is 1.40. The van der Waals surface area contributed by atoms with Crippen molar-refractivity contribution in [2.24, 2.45) is 5.41 Å². The second kappa shape index (κ2) is 6.55. The Labute approximate surface area is 152 Å². The van der Waals surface area contributed by atoms with Crippen molar-refractivity contribution in [3.63, 3.8) is 0 Å². The maximum absolute atomic E-state index is 13.2. The topological polar surface area (TPSA) is 90.0 Å². The van der Waals surface area contributed by atoms with Crippen LogP contribution in [0.15, 0.2) is 0 Å². The normalized spacial score (nSPS) is 30.0. The molecule has 4 fully saturated rings. The van der Waals surface area contributed by atoms with E-state index in [9.17, 15) is 19.2 Å². The zero-order valence-corrected chi connectivity index (χ0v) is 15.0. The molecule has 1 N–H and O–H groups in total. The molecule has 1 aliphatic carbocycles. The summed E-state index contributed by atoms with van der Waals surface area (Å²) in [4.78, 5) is 53.7. The Bertz CT molecular complexity index is 645. The molecule has 142 valence electrons. The molecule has 1 spiro atoms. The lowest BCUT2D eigenvalue weighted by Gasteiger charge is -2.42. The van der Waals surface area contributed by atoms with Crippen LogP contribution in [0, 0.1) is 5.41 Å². The van der Waals surface area contributed by atoms with E-state index in [1.54, 1.807) is 4.90 Å². The maximum atomic E-state index is 13.2. The lowest BCUT2D eigenvalue weighted by Crippen LogP contribution is -2.53. The van der Waals surface area contributed by atoms with Gasteiger partial charge in [0.25, 0.3) is 0 Å². The van der Waals surface area contributed by atoms with Gasteiger partial charge in [0.15, 0.2) is 0 Å². The van der Waals surface area contributed by atoms with E-state index in [0.29, 0.717) is 25.6 Å². The van der Waals surface area contributed by atoms with Crippen LogP contribution in [-0.4, -0.2) is 77.2 Å². The molecule has 8 heteroatoms. The number of carbonyl (C=O) groups excluding carboxylic acids is 4. The van der Waals surface area contributed by atoms with Crippen LogP contribution in [0.25, 0.3) is 0 Å². The smallest absolute Gasteiger partial charge is 0.325 e. The fourth-order valence-corrected chi connectivity index (χ4v) is 5.00. The summed E-state index contributed by atoms with van der Waals surface area (Å²) in [6, 6.07) is -0.137. The number of carbonyl (C=O) groups is 4. The number of hydrogen-bond acceptors (Lipinski definition) is 4. The first-order valence-electron chi connectivity index (χ1n) is 9.66. The van der Waals surface area contributed by atoms with Gasteiger partial charge in [-0.05, 0) is 32.1 Å². The third-order valence-corrected chi connectivity index (χ3v) is 6.44. The van der Waals surface area contributed by atoms with Crippen LogP contribution in [0.5, 0.6) is 0 Å². The SMILES string of the molecule is O=C1CN(CC(=O)N2CC[C@]3(CCCN(C4CCCC4)C3=O)C2)C(=O)N1. The number of piperidine rings is 1. The van der Waals surface area contributed by atoms with E-state index in [0.717, 1.165) is 32.2 Å². The average Bonchev–Trinajstić information content (AvgIpc) is 3.32. The highest BCUT2D eigenvalue weighted by molar-refractivity contribution is 6.03. The van der Waals surface area contributed by atoms with Crippen molar-refractivity contribution in [2.45, 2.75) is 51.0 Å². The number of imide groups is 1. The Kier molecular flexibility index (Phi) is 4.36. The van der Waals surface area contributed by atoms with Crippen molar-refractivity contribution in [2.75, 3.05) is 32.7 Å². The molecule has 0 unspecified atom stereocenters. The zero-order chi connectivity index (χ0) is 18.3. The van der Waals surface area contributed by atoms with Crippen molar-refractivity contribution < 1.29 is 19.2 Å². The molecule has 0 bridgehead atoms. The number of hydrogen-bond donors (Lipinski definition) is 1. The van der Waals surface area contributed by atoms with Crippen LogP contribution in [0.2, 0.25) is 0 Å². The Hall–Kier alpha value is -2.12. The Morgan fingerprint density at radius 1 is 1.08 bits per heavy atom. The van der Waals surface area contributed by atoms with Gasteiger partial charge < -0.3 is 14.7 Å².